The molecular formula is C16H20ClNO6S. The number of halogens is 1. The van der Waals surface area contributed by atoms with E-state index < -0.39 is 21.9 Å². The molecule has 3 rings (SSSR count). The Balaban J connectivity index is 1.81. The standard InChI is InChI=1S/C16H20ClNO6S/c17-13-1-2-14(24-10-11-4-6-23-9-11)15(7-13)25(21,22)18-5-3-12(8-18)16(19)20/h1-2,7,11-12H,3-6,8-10H2,(H,19,20). The van der Waals surface area contributed by atoms with Gasteiger partial charge in [-0.3, -0.25) is 4.79 Å². The first kappa shape index (κ1) is 18.4. The maximum atomic E-state index is 12.9. The first-order chi connectivity index (χ1) is 11.9. The van der Waals surface area contributed by atoms with Gasteiger partial charge in [-0.15, -0.1) is 0 Å². The molecule has 2 atom stereocenters. The lowest BCUT2D eigenvalue weighted by atomic mass is 10.1. The van der Waals surface area contributed by atoms with Crippen LogP contribution in [0.4, 0.5) is 0 Å². The third kappa shape index (κ3) is 4.08. The van der Waals surface area contributed by atoms with Crippen molar-refractivity contribution in [3.63, 3.8) is 0 Å². The molecule has 0 spiro atoms. The van der Waals surface area contributed by atoms with Crippen molar-refractivity contribution in [1.29, 1.82) is 0 Å². The van der Waals surface area contributed by atoms with Crippen LogP contribution in [0.25, 0.3) is 0 Å². The van der Waals surface area contributed by atoms with E-state index in [4.69, 9.17) is 26.2 Å². The van der Waals surface area contributed by atoms with Crippen molar-refractivity contribution in [2.75, 3.05) is 32.9 Å². The number of carbonyl (C=O) groups is 1. The Morgan fingerprint density at radius 3 is 2.84 bits per heavy atom. The molecular weight excluding hydrogens is 370 g/mol. The average molecular weight is 390 g/mol. The first-order valence-electron chi connectivity index (χ1n) is 8.11. The number of nitrogens with zero attached hydrogens (tertiary/aromatic N) is 1. The van der Waals surface area contributed by atoms with E-state index in [1.54, 1.807) is 6.07 Å². The number of sulfonamides is 1. The van der Waals surface area contributed by atoms with Gasteiger partial charge in [0.05, 0.1) is 19.1 Å². The fraction of sp³-hybridized carbons (Fsp3) is 0.562. The maximum Gasteiger partial charge on any atom is 0.307 e. The number of aliphatic carboxylic acids is 1. The van der Waals surface area contributed by atoms with Crippen LogP contribution in [0.15, 0.2) is 23.1 Å². The van der Waals surface area contributed by atoms with E-state index in [-0.39, 0.29) is 34.7 Å². The third-order valence-electron chi connectivity index (χ3n) is 4.52. The molecule has 0 amide bonds. The molecule has 0 saturated carbocycles. The summed E-state index contributed by atoms with van der Waals surface area (Å²) in [4.78, 5) is 11.1. The smallest absolute Gasteiger partial charge is 0.307 e. The zero-order valence-electron chi connectivity index (χ0n) is 13.6. The summed E-state index contributed by atoms with van der Waals surface area (Å²) in [5.41, 5.74) is 0. The highest BCUT2D eigenvalue weighted by Gasteiger charge is 2.37. The molecule has 2 aliphatic heterocycles. The highest BCUT2D eigenvalue weighted by atomic mass is 35.5. The SMILES string of the molecule is O=C(O)C1CCN(S(=O)(=O)c2cc(Cl)ccc2OCC2CCOC2)C1. The summed E-state index contributed by atoms with van der Waals surface area (Å²) in [5.74, 6) is -1.21. The fourth-order valence-corrected chi connectivity index (χ4v) is 4.91. The van der Waals surface area contributed by atoms with Crippen molar-refractivity contribution in [2.45, 2.75) is 17.7 Å². The first-order valence-corrected chi connectivity index (χ1v) is 9.93. The number of rotatable bonds is 6. The number of carboxylic acids is 1. The molecule has 0 aromatic heterocycles. The average Bonchev–Trinajstić information content (AvgIpc) is 3.25. The molecule has 0 radical (unpaired) electrons. The molecule has 0 bridgehead atoms. The van der Waals surface area contributed by atoms with E-state index in [2.05, 4.69) is 0 Å². The van der Waals surface area contributed by atoms with Crippen LogP contribution in [0.5, 0.6) is 5.75 Å². The predicted octanol–water partition coefficient (Wildman–Crippen LogP) is 1.85. The Bertz CT molecular complexity index is 747. The molecule has 1 aromatic rings. The zero-order valence-corrected chi connectivity index (χ0v) is 15.1. The zero-order chi connectivity index (χ0) is 18.0. The number of ether oxygens (including phenoxy) is 2. The van der Waals surface area contributed by atoms with Crippen LogP contribution in [0, 0.1) is 11.8 Å². The molecule has 25 heavy (non-hydrogen) atoms. The number of benzene rings is 1. The van der Waals surface area contributed by atoms with Gasteiger partial charge in [0.25, 0.3) is 0 Å². The molecule has 2 heterocycles. The fourth-order valence-electron chi connectivity index (χ4n) is 3.01. The van der Waals surface area contributed by atoms with Crippen molar-refractivity contribution in [3.8, 4) is 5.75 Å². The Morgan fingerprint density at radius 1 is 1.40 bits per heavy atom. The minimum absolute atomic E-state index is 0.0232. The molecule has 2 aliphatic rings. The minimum Gasteiger partial charge on any atom is -0.492 e. The van der Waals surface area contributed by atoms with Crippen LogP contribution in [-0.4, -0.2) is 56.7 Å². The number of hydrogen-bond acceptors (Lipinski definition) is 5. The summed E-state index contributed by atoms with van der Waals surface area (Å²) in [7, 11) is -3.87. The van der Waals surface area contributed by atoms with Crippen LogP contribution in [0.2, 0.25) is 5.02 Å². The van der Waals surface area contributed by atoms with Gasteiger partial charge in [-0.1, -0.05) is 11.6 Å². The van der Waals surface area contributed by atoms with Gasteiger partial charge < -0.3 is 14.6 Å². The molecule has 1 N–H and O–H groups in total. The van der Waals surface area contributed by atoms with Crippen LogP contribution < -0.4 is 4.74 Å². The topological polar surface area (TPSA) is 93.1 Å². The molecule has 9 heteroatoms. The van der Waals surface area contributed by atoms with E-state index in [0.29, 0.717) is 26.2 Å². The highest BCUT2D eigenvalue weighted by Crippen LogP contribution is 2.33. The molecule has 2 saturated heterocycles. The Kier molecular flexibility index (Phi) is 5.52. The largest absolute Gasteiger partial charge is 0.492 e. The summed E-state index contributed by atoms with van der Waals surface area (Å²) < 4.78 is 38.1. The number of carboxylic acid groups (broad SMARTS) is 1. The van der Waals surface area contributed by atoms with Gasteiger partial charge >= 0.3 is 5.97 Å². The number of hydrogen-bond donors (Lipinski definition) is 1. The molecule has 7 nitrogen and oxygen atoms in total. The van der Waals surface area contributed by atoms with E-state index in [9.17, 15) is 13.2 Å². The third-order valence-corrected chi connectivity index (χ3v) is 6.64. The second kappa shape index (κ2) is 7.49. The van der Waals surface area contributed by atoms with E-state index in [0.717, 1.165) is 6.42 Å². The summed E-state index contributed by atoms with van der Waals surface area (Å²) in [6.07, 6.45) is 1.17. The molecule has 1 aromatic carbocycles. The Labute approximate surface area is 151 Å². The van der Waals surface area contributed by atoms with Gasteiger partial charge in [0.15, 0.2) is 0 Å². The van der Waals surface area contributed by atoms with Gasteiger partial charge in [-0.25, -0.2) is 8.42 Å². The quantitative estimate of drug-likeness (QED) is 0.798. The minimum atomic E-state index is -3.87. The second-order valence-electron chi connectivity index (χ2n) is 6.32. The lowest BCUT2D eigenvalue weighted by Crippen LogP contribution is -2.30. The van der Waals surface area contributed by atoms with Gasteiger partial charge in [0, 0.05) is 30.6 Å². The van der Waals surface area contributed by atoms with Gasteiger partial charge in [-0.05, 0) is 31.0 Å². The summed E-state index contributed by atoms with van der Waals surface area (Å²) in [6.45, 7) is 1.77. The van der Waals surface area contributed by atoms with E-state index in [1.165, 1.54) is 16.4 Å². The van der Waals surface area contributed by atoms with Crippen LogP contribution in [0.3, 0.4) is 0 Å². The summed E-state index contributed by atoms with van der Waals surface area (Å²) >= 11 is 5.98. The van der Waals surface area contributed by atoms with Crippen molar-refractivity contribution in [2.24, 2.45) is 11.8 Å². The van der Waals surface area contributed by atoms with Gasteiger partial charge in [0.1, 0.15) is 10.6 Å². The van der Waals surface area contributed by atoms with Crippen molar-refractivity contribution >= 4 is 27.6 Å². The van der Waals surface area contributed by atoms with Crippen molar-refractivity contribution < 1.29 is 27.8 Å². The molecule has 2 unspecified atom stereocenters. The van der Waals surface area contributed by atoms with Crippen molar-refractivity contribution in [1.82, 2.24) is 4.31 Å². The summed E-state index contributed by atoms with van der Waals surface area (Å²) in [5, 5.41) is 9.37. The molecule has 0 aliphatic carbocycles. The highest BCUT2D eigenvalue weighted by molar-refractivity contribution is 7.89. The van der Waals surface area contributed by atoms with E-state index >= 15 is 0 Å². The maximum absolute atomic E-state index is 12.9. The Hall–Kier alpha value is -1.35. The van der Waals surface area contributed by atoms with E-state index in [1.807, 2.05) is 0 Å². The van der Waals surface area contributed by atoms with Crippen LogP contribution in [0.1, 0.15) is 12.8 Å². The lowest BCUT2D eigenvalue weighted by molar-refractivity contribution is -0.141. The normalized spacial score (nSPS) is 24.5. The van der Waals surface area contributed by atoms with Crippen LogP contribution in [-0.2, 0) is 19.6 Å². The van der Waals surface area contributed by atoms with Crippen molar-refractivity contribution in [3.05, 3.63) is 23.2 Å². The predicted molar refractivity (Wildman–Crippen MR) is 90.4 cm³/mol. The van der Waals surface area contributed by atoms with Gasteiger partial charge in [0.2, 0.25) is 10.0 Å². The lowest BCUT2D eigenvalue weighted by Gasteiger charge is -2.19. The molecule has 138 valence electrons. The Morgan fingerprint density at radius 2 is 2.20 bits per heavy atom. The summed E-state index contributed by atoms with van der Waals surface area (Å²) in [6, 6.07) is 4.46. The second-order valence-corrected chi connectivity index (χ2v) is 8.66. The van der Waals surface area contributed by atoms with Gasteiger partial charge in [-0.2, -0.15) is 4.31 Å². The van der Waals surface area contributed by atoms with Crippen LogP contribution >= 0.6 is 11.6 Å². The molecule has 2 fully saturated rings. The monoisotopic (exact) mass is 389 g/mol.